The highest BCUT2D eigenvalue weighted by Gasteiger charge is 2.32. The van der Waals surface area contributed by atoms with Crippen LogP contribution in [0.1, 0.15) is 69.1 Å². The average molecular weight is 231 g/mol. The van der Waals surface area contributed by atoms with Gasteiger partial charge in [0.2, 0.25) is 0 Å². The van der Waals surface area contributed by atoms with Gasteiger partial charge in [-0.15, -0.1) is 0 Å². The molecule has 0 radical (unpaired) electrons. The first-order valence-electron chi connectivity index (χ1n) is 6.80. The van der Waals surface area contributed by atoms with E-state index in [0.717, 1.165) is 6.54 Å². The Balaban J connectivity index is 2.51. The van der Waals surface area contributed by atoms with Crippen molar-refractivity contribution < 1.29 is 0 Å². The molecule has 1 aliphatic carbocycles. The zero-order valence-electron chi connectivity index (χ0n) is 11.6. The van der Waals surface area contributed by atoms with E-state index in [2.05, 4.69) is 45.9 Å². The Labute approximate surface area is 105 Å². The summed E-state index contributed by atoms with van der Waals surface area (Å²) in [6, 6.07) is 7.04. The van der Waals surface area contributed by atoms with Crippen LogP contribution in [0.25, 0.3) is 0 Å². The lowest BCUT2D eigenvalue weighted by molar-refractivity contribution is 0.394. The Morgan fingerprint density at radius 2 is 2.06 bits per heavy atom. The van der Waals surface area contributed by atoms with Crippen molar-refractivity contribution in [3.05, 3.63) is 34.9 Å². The zero-order valence-corrected chi connectivity index (χ0v) is 11.6. The predicted octanol–water partition coefficient (Wildman–Crippen LogP) is 3.92. The minimum Gasteiger partial charge on any atom is -0.330 e. The molecule has 1 unspecified atom stereocenters. The Kier molecular flexibility index (Phi) is 3.31. The highest BCUT2D eigenvalue weighted by atomic mass is 14.6. The molecule has 1 aromatic carbocycles. The summed E-state index contributed by atoms with van der Waals surface area (Å²) >= 11 is 0. The SMILES string of the molecule is CC(C)c1ccc2c(c1)C(CN)CCC2(C)C. The molecule has 1 atom stereocenters. The van der Waals surface area contributed by atoms with Gasteiger partial charge in [0.25, 0.3) is 0 Å². The molecule has 0 bridgehead atoms. The predicted molar refractivity (Wildman–Crippen MR) is 74.6 cm³/mol. The van der Waals surface area contributed by atoms with Crippen molar-refractivity contribution >= 4 is 0 Å². The van der Waals surface area contributed by atoms with Gasteiger partial charge < -0.3 is 5.73 Å². The van der Waals surface area contributed by atoms with Gasteiger partial charge in [0, 0.05) is 0 Å². The molecule has 0 heterocycles. The van der Waals surface area contributed by atoms with Crippen LogP contribution in [-0.4, -0.2) is 6.54 Å². The number of benzene rings is 1. The number of rotatable bonds is 2. The van der Waals surface area contributed by atoms with Crippen LogP contribution in [0.2, 0.25) is 0 Å². The Bertz CT molecular complexity index is 404. The van der Waals surface area contributed by atoms with Crippen molar-refractivity contribution in [1.29, 1.82) is 0 Å². The molecule has 1 aliphatic rings. The molecule has 1 aromatic rings. The Morgan fingerprint density at radius 1 is 1.35 bits per heavy atom. The van der Waals surface area contributed by atoms with Gasteiger partial charge in [0.15, 0.2) is 0 Å². The van der Waals surface area contributed by atoms with Crippen LogP contribution in [0.5, 0.6) is 0 Å². The van der Waals surface area contributed by atoms with E-state index < -0.39 is 0 Å². The van der Waals surface area contributed by atoms with Gasteiger partial charge in [-0.05, 0) is 53.3 Å². The summed E-state index contributed by atoms with van der Waals surface area (Å²) < 4.78 is 0. The molecule has 0 aromatic heterocycles. The highest BCUT2D eigenvalue weighted by Crippen LogP contribution is 2.42. The molecule has 2 N–H and O–H groups in total. The maximum atomic E-state index is 5.93. The minimum absolute atomic E-state index is 0.316. The van der Waals surface area contributed by atoms with E-state index in [4.69, 9.17) is 5.73 Å². The summed E-state index contributed by atoms with van der Waals surface area (Å²) in [6.45, 7) is 10.0. The number of fused-ring (bicyclic) bond motifs is 1. The molecule has 0 saturated heterocycles. The summed E-state index contributed by atoms with van der Waals surface area (Å²) in [5.41, 5.74) is 10.7. The standard InChI is InChI=1S/C16H25N/c1-11(2)12-5-6-15-14(9-12)13(10-17)7-8-16(15,3)4/h5-6,9,11,13H,7-8,10,17H2,1-4H3. The van der Waals surface area contributed by atoms with Gasteiger partial charge in [-0.1, -0.05) is 45.9 Å². The van der Waals surface area contributed by atoms with E-state index in [1.807, 2.05) is 0 Å². The van der Waals surface area contributed by atoms with Crippen molar-refractivity contribution in [3.8, 4) is 0 Å². The summed E-state index contributed by atoms with van der Waals surface area (Å²) in [5.74, 6) is 1.17. The van der Waals surface area contributed by atoms with Crippen molar-refractivity contribution in [2.24, 2.45) is 5.73 Å². The second-order valence-corrected chi connectivity index (χ2v) is 6.36. The molecule has 0 amide bonds. The first kappa shape index (κ1) is 12.6. The zero-order chi connectivity index (χ0) is 12.6. The molecule has 0 fully saturated rings. The van der Waals surface area contributed by atoms with E-state index in [-0.39, 0.29) is 0 Å². The topological polar surface area (TPSA) is 26.0 Å². The van der Waals surface area contributed by atoms with Crippen molar-refractivity contribution in [2.45, 2.75) is 57.8 Å². The third kappa shape index (κ3) is 2.26. The smallest absolute Gasteiger partial charge is 0.000812 e. The second-order valence-electron chi connectivity index (χ2n) is 6.36. The molecule has 1 heteroatoms. The fraction of sp³-hybridized carbons (Fsp3) is 0.625. The lowest BCUT2D eigenvalue weighted by atomic mass is 9.68. The van der Waals surface area contributed by atoms with Crippen molar-refractivity contribution in [2.75, 3.05) is 6.54 Å². The van der Waals surface area contributed by atoms with Crippen LogP contribution < -0.4 is 5.73 Å². The van der Waals surface area contributed by atoms with Gasteiger partial charge in [-0.3, -0.25) is 0 Å². The lowest BCUT2D eigenvalue weighted by Gasteiger charge is -2.37. The molecular weight excluding hydrogens is 206 g/mol. The lowest BCUT2D eigenvalue weighted by Crippen LogP contribution is -2.29. The molecule has 1 nitrogen and oxygen atoms in total. The van der Waals surface area contributed by atoms with Crippen LogP contribution in [-0.2, 0) is 5.41 Å². The number of nitrogens with two attached hydrogens (primary N) is 1. The molecule has 0 aliphatic heterocycles. The van der Waals surface area contributed by atoms with Gasteiger partial charge >= 0.3 is 0 Å². The summed E-state index contributed by atoms with van der Waals surface area (Å²) in [6.07, 6.45) is 2.49. The van der Waals surface area contributed by atoms with Crippen LogP contribution in [0.4, 0.5) is 0 Å². The van der Waals surface area contributed by atoms with Crippen LogP contribution >= 0.6 is 0 Å². The number of hydrogen-bond acceptors (Lipinski definition) is 1. The summed E-state index contributed by atoms with van der Waals surface area (Å²) in [5, 5.41) is 0. The largest absolute Gasteiger partial charge is 0.330 e. The Hall–Kier alpha value is -0.820. The number of hydrogen-bond donors (Lipinski definition) is 1. The average Bonchev–Trinajstić information content (AvgIpc) is 2.28. The van der Waals surface area contributed by atoms with Crippen molar-refractivity contribution in [1.82, 2.24) is 0 Å². The third-order valence-electron chi connectivity index (χ3n) is 4.31. The van der Waals surface area contributed by atoms with E-state index in [0.29, 0.717) is 17.3 Å². The third-order valence-corrected chi connectivity index (χ3v) is 4.31. The van der Waals surface area contributed by atoms with E-state index in [9.17, 15) is 0 Å². The summed E-state index contributed by atoms with van der Waals surface area (Å²) in [7, 11) is 0. The first-order chi connectivity index (χ1) is 7.95. The monoisotopic (exact) mass is 231 g/mol. The summed E-state index contributed by atoms with van der Waals surface area (Å²) in [4.78, 5) is 0. The van der Waals surface area contributed by atoms with Crippen LogP contribution in [0, 0.1) is 0 Å². The van der Waals surface area contributed by atoms with E-state index in [1.165, 1.54) is 29.5 Å². The molecule has 94 valence electrons. The van der Waals surface area contributed by atoms with E-state index >= 15 is 0 Å². The van der Waals surface area contributed by atoms with E-state index in [1.54, 1.807) is 0 Å². The van der Waals surface area contributed by atoms with Crippen LogP contribution in [0.15, 0.2) is 18.2 Å². The van der Waals surface area contributed by atoms with Gasteiger partial charge in [0.05, 0.1) is 0 Å². The molecule has 0 saturated carbocycles. The minimum atomic E-state index is 0.316. The van der Waals surface area contributed by atoms with Gasteiger partial charge in [-0.2, -0.15) is 0 Å². The second kappa shape index (κ2) is 4.45. The van der Waals surface area contributed by atoms with Crippen LogP contribution in [0.3, 0.4) is 0 Å². The maximum absolute atomic E-state index is 5.93. The van der Waals surface area contributed by atoms with Gasteiger partial charge in [0.1, 0.15) is 0 Å². The fourth-order valence-corrected chi connectivity index (χ4v) is 2.96. The molecular formula is C16H25N. The van der Waals surface area contributed by atoms with Gasteiger partial charge in [-0.25, -0.2) is 0 Å². The van der Waals surface area contributed by atoms with Crippen molar-refractivity contribution in [3.63, 3.8) is 0 Å². The maximum Gasteiger partial charge on any atom is -0.000812 e. The molecule has 2 rings (SSSR count). The normalized spacial score (nSPS) is 22.6. The first-order valence-corrected chi connectivity index (χ1v) is 6.80. The quantitative estimate of drug-likeness (QED) is 0.820. The molecule has 17 heavy (non-hydrogen) atoms. The highest BCUT2D eigenvalue weighted by molar-refractivity contribution is 5.42. The Morgan fingerprint density at radius 3 is 2.65 bits per heavy atom. The fourth-order valence-electron chi connectivity index (χ4n) is 2.96. The molecule has 0 spiro atoms.